The van der Waals surface area contributed by atoms with E-state index in [0.29, 0.717) is 10.7 Å². The molecule has 0 atom stereocenters. The van der Waals surface area contributed by atoms with E-state index < -0.39 is 0 Å². The van der Waals surface area contributed by atoms with E-state index in [9.17, 15) is 4.39 Å². The lowest BCUT2D eigenvalue weighted by Gasteiger charge is -2.06. The van der Waals surface area contributed by atoms with Crippen LogP contribution in [0.5, 0.6) is 0 Å². The number of hydrogen-bond donors (Lipinski definition) is 0. The lowest BCUT2D eigenvalue weighted by Crippen LogP contribution is -1.93. The zero-order valence-corrected chi connectivity index (χ0v) is 12.6. The van der Waals surface area contributed by atoms with Crippen molar-refractivity contribution in [2.24, 2.45) is 0 Å². The molecule has 2 aromatic rings. The van der Waals surface area contributed by atoms with Crippen molar-refractivity contribution in [1.29, 1.82) is 0 Å². The molecule has 0 amide bonds. The fraction of sp³-hybridized carbons (Fsp3) is 0.333. The Balaban J connectivity index is 2.01. The van der Waals surface area contributed by atoms with Crippen molar-refractivity contribution in [3.05, 3.63) is 46.6 Å². The van der Waals surface area contributed by atoms with E-state index in [1.54, 1.807) is 12.1 Å². The first-order chi connectivity index (χ1) is 8.62. The lowest BCUT2D eigenvalue weighted by atomic mass is 10.1. The van der Waals surface area contributed by atoms with Gasteiger partial charge in [-0.1, -0.05) is 28.9 Å². The molecule has 0 unspecified atom stereocenters. The molecule has 94 valence electrons. The maximum absolute atomic E-state index is 13.2. The monoisotopic (exact) mass is 324 g/mol. The molecule has 1 fully saturated rings. The number of hydrogen-bond acceptors (Lipinski definition) is 1. The fourth-order valence-corrected chi connectivity index (χ4v) is 3.89. The van der Waals surface area contributed by atoms with Crippen LogP contribution in [-0.2, 0) is 10.7 Å². The van der Waals surface area contributed by atoms with Gasteiger partial charge in [-0.25, -0.2) is 4.39 Å². The highest BCUT2D eigenvalue weighted by atomic mass is 79.9. The summed E-state index contributed by atoms with van der Waals surface area (Å²) in [6.07, 6.45) is 2.59. The smallest absolute Gasteiger partial charge is 0.123 e. The van der Waals surface area contributed by atoms with Gasteiger partial charge >= 0.3 is 0 Å². The summed E-state index contributed by atoms with van der Waals surface area (Å²) in [5.41, 5.74) is 2.58. The first kappa shape index (κ1) is 12.4. The normalized spacial score (nSPS) is 16.8. The van der Waals surface area contributed by atoms with Crippen LogP contribution in [0.25, 0.3) is 10.4 Å². The zero-order chi connectivity index (χ0) is 12.8. The van der Waals surface area contributed by atoms with Crippen LogP contribution in [0.3, 0.4) is 0 Å². The topological polar surface area (TPSA) is 0 Å². The molecule has 0 aliphatic heterocycles. The average Bonchev–Trinajstić information content (AvgIpc) is 2.93. The van der Waals surface area contributed by atoms with Gasteiger partial charge in [0, 0.05) is 20.5 Å². The van der Waals surface area contributed by atoms with Gasteiger partial charge in [0.2, 0.25) is 0 Å². The molecule has 1 aromatic heterocycles. The predicted octanol–water partition coefficient (Wildman–Crippen LogP) is 5.50. The summed E-state index contributed by atoms with van der Waals surface area (Å²) < 4.78 is 13.2. The first-order valence-electron chi connectivity index (χ1n) is 6.07. The summed E-state index contributed by atoms with van der Waals surface area (Å²) in [5.74, 6) is -0.167. The summed E-state index contributed by atoms with van der Waals surface area (Å²) in [5, 5.41) is 0.685. The Kier molecular flexibility index (Phi) is 3.07. The van der Waals surface area contributed by atoms with Gasteiger partial charge in [0.25, 0.3) is 0 Å². The molecule has 0 nitrogen and oxygen atoms in total. The molecule has 18 heavy (non-hydrogen) atoms. The third-order valence-electron chi connectivity index (χ3n) is 3.68. The van der Waals surface area contributed by atoms with Gasteiger partial charge in [0.05, 0.1) is 0 Å². The first-order valence-corrected chi connectivity index (χ1v) is 8.01. The maximum Gasteiger partial charge on any atom is 0.123 e. The van der Waals surface area contributed by atoms with E-state index in [1.165, 1.54) is 22.6 Å². The Labute approximate surface area is 119 Å². The summed E-state index contributed by atoms with van der Waals surface area (Å²) in [6, 6.07) is 9.44. The van der Waals surface area contributed by atoms with Gasteiger partial charge < -0.3 is 0 Å². The Hall–Kier alpha value is -0.670. The van der Waals surface area contributed by atoms with Crippen LogP contribution < -0.4 is 0 Å². The molecule has 1 aliphatic carbocycles. The molecule has 3 rings (SSSR count). The zero-order valence-electron chi connectivity index (χ0n) is 10.2. The highest BCUT2D eigenvalue weighted by Crippen LogP contribution is 2.51. The van der Waals surface area contributed by atoms with Crippen LogP contribution in [0, 0.1) is 5.82 Å². The lowest BCUT2D eigenvalue weighted by molar-refractivity contribution is 0.627. The van der Waals surface area contributed by atoms with Crippen LogP contribution in [0.15, 0.2) is 30.3 Å². The molecule has 0 bridgehead atoms. The van der Waals surface area contributed by atoms with E-state index in [2.05, 4.69) is 35.0 Å². The van der Waals surface area contributed by atoms with Gasteiger partial charge in [-0.15, -0.1) is 11.3 Å². The Morgan fingerprint density at radius 1 is 1.28 bits per heavy atom. The van der Waals surface area contributed by atoms with Crippen molar-refractivity contribution in [2.45, 2.75) is 30.5 Å². The predicted molar refractivity (Wildman–Crippen MR) is 78.9 cm³/mol. The van der Waals surface area contributed by atoms with Crippen molar-refractivity contribution in [3.63, 3.8) is 0 Å². The van der Waals surface area contributed by atoms with Crippen molar-refractivity contribution in [1.82, 2.24) is 0 Å². The van der Waals surface area contributed by atoms with E-state index in [4.69, 9.17) is 0 Å². The van der Waals surface area contributed by atoms with Crippen LogP contribution in [0.2, 0.25) is 0 Å². The third-order valence-corrected chi connectivity index (χ3v) is 5.71. The molecule has 1 heterocycles. The summed E-state index contributed by atoms with van der Waals surface area (Å²) in [4.78, 5) is 2.70. The molecule has 0 spiro atoms. The molecule has 1 aliphatic rings. The van der Waals surface area contributed by atoms with Gasteiger partial charge in [0.1, 0.15) is 5.82 Å². The van der Waals surface area contributed by atoms with Crippen LogP contribution in [-0.4, -0.2) is 0 Å². The fourth-order valence-electron chi connectivity index (χ4n) is 2.15. The van der Waals surface area contributed by atoms with Crippen molar-refractivity contribution >= 4 is 27.3 Å². The second kappa shape index (κ2) is 4.46. The van der Waals surface area contributed by atoms with Gasteiger partial charge in [-0.2, -0.15) is 0 Å². The standard InChI is InChI=1S/C15H14BrFS/c1-15(6-7-15)14-5-4-13(18-14)12-3-2-11(17)8-10(12)9-16/h2-5,8H,6-7,9H2,1H3. The van der Waals surface area contributed by atoms with E-state index in [0.717, 1.165) is 11.1 Å². The maximum atomic E-state index is 13.2. The second-order valence-electron chi connectivity index (χ2n) is 5.16. The van der Waals surface area contributed by atoms with Crippen molar-refractivity contribution in [3.8, 4) is 10.4 Å². The number of alkyl halides is 1. The molecule has 1 saturated carbocycles. The van der Waals surface area contributed by atoms with Gasteiger partial charge in [-0.3, -0.25) is 0 Å². The number of halogens is 2. The summed E-state index contributed by atoms with van der Waals surface area (Å²) in [6.45, 7) is 2.32. The van der Waals surface area contributed by atoms with Crippen LogP contribution >= 0.6 is 27.3 Å². The van der Waals surface area contributed by atoms with E-state index >= 15 is 0 Å². The molecule has 3 heteroatoms. The average molecular weight is 325 g/mol. The van der Waals surface area contributed by atoms with Crippen molar-refractivity contribution in [2.75, 3.05) is 0 Å². The Morgan fingerprint density at radius 3 is 2.72 bits per heavy atom. The van der Waals surface area contributed by atoms with Crippen LogP contribution in [0.1, 0.15) is 30.2 Å². The largest absolute Gasteiger partial charge is 0.207 e. The molecular formula is C15H14BrFS. The molecule has 1 aromatic carbocycles. The quantitative estimate of drug-likeness (QED) is 0.654. The van der Waals surface area contributed by atoms with E-state index in [1.807, 2.05) is 17.4 Å². The van der Waals surface area contributed by atoms with E-state index in [-0.39, 0.29) is 5.82 Å². The molecular weight excluding hydrogens is 311 g/mol. The Bertz CT molecular complexity index is 584. The Morgan fingerprint density at radius 2 is 2.06 bits per heavy atom. The summed E-state index contributed by atoms with van der Waals surface area (Å²) >= 11 is 5.28. The number of thiophene rings is 1. The molecule has 0 saturated heterocycles. The highest BCUT2D eigenvalue weighted by Gasteiger charge is 2.40. The second-order valence-corrected chi connectivity index (χ2v) is 6.80. The van der Waals surface area contributed by atoms with Crippen LogP contribution in [0.4, 0.5) is 4.39 Å². The minimum Gasteiger partial charge on any atom is -0.207 e. The minimum atomic E-state index is -0.167. The van der Waals surface area contributed by atoms with Crippen molar-refractivity contribution < 1.29 is 4.39 Å². The number of rotatable bonds is 3. The van der Waals surface area contributed by atoms with Gasteiger partial charge in [0.15, 0.2) is 0 Å². The molecule has 0 N–H and O–H groups in total. The van der Waals surface area contributed by atoms with Gasteiger partial charge in [-0.05, 0) is 48.2 Å². The molecule has 0 radical (unpaired) electrons. The number of benzene rings is 1. The minimum absolute atomic E-state index is 0.167. The highest BCUT2D eigenvalue weighted by molar-refractivity contribution is 9.08. The summed E-state index contributed by atoms with van der Waals surface area (Å²) in [7, 11) is 0. The SMILES string of the molecule is CC1(c2ccc(-c3ccc(F)cc3CBr)s2)CC1. The third kappa shape index (κ3) is 2.14.